The normalized spacial score (nSPS) is 20.5. The number of anilines is 1. The number of oxime groups is 1. The van der Waals surface area contributed by atoms with Crippen LogP contribution in [0.2, 0.25) is 0 Å². The number of hydrogen-bond donors (Lipinski definition) is 0. The van der Waals surface area contributed by atoms with Gasteiger partial charge in [0.05, 0.1) is 41.0 Å². The second-order valence-corrected chi connectivity index (χ2v) is 9.69. The molecular weight excluding hydrogens is 518 g/mol. The molecule has 4 heterocycles. The predicted octanol–water partition coefficient (Wildman–Crippen LogP) is 2.89. The average Bonchev–Trinajstić information content (AvgIpc) is 3.10. The first-order valence-electron chi connectivity index (χ1n) is 11.7. The van der Waals surface area contributed by atoms with E-state index < -0.39 is 0 Å². The molecule has 11 heteroatoms. The fourth-order valence-electron chi connectivity index (χ4n) is 4.20. The summed E-state index contributed by atoms with van der Waals surface area (Å²) >= 11 is 3.33. The zero-order valence-electron chi connectivity index (χ0n) is 19.1. The van der Waals surface area contributed by atoms with Crippen LogP contribution in [0.3, 0.4) is 0 Å². The fraction of sp³-hybridized carbons (Fsp3) is 0.458. The zero-order chi connectivity index (χ0) is 24.2. The lowest BCUT2D eigenvalue weighted by Gasteiger charge is -2.32. The molecule has 1 aromatic heterocycles. The average molecular weight is 544 g/mol. The van der Waals surface area contributed by atoms with Crippen molar-refractivity contribution in [3.63, 3.8) is 0 Å². The van der Waals surface area contributed by atoms with E-state index in [1.165, 1.54) is 4.90 Å². The van der Waals surface area contributed by atoms with Crippen LogP contribution in [-0.4, -0.2) is 78.1 Å². The van der Waals surface area contributed by atoms with Gasteiger partial charge in [0, 0.05) is 31.5 Å². The van der Waals surface area contributed by atoms with Crippen LogP contribution in [-0.2, 0) is 14.3 Å². The first-order valence-corrected chi connectivity index (χ1v) is 12.5. The minimum absolute atomic E-state index is 0.183. The van der Waals surface area contributed by atoms with Gasteiger partial charge in [0.25, 0.3) is 11.8 Å². The second-order valence-electron chi connectivity index (χ2n) is 8.77. The van der Waals surface area contributed by atoms with E-state index in [0.717, 1.165) is 29.4 Å². The highest BCUT2D eigenvalue weighted by Crippen LogP contribution is 2.24. The van der Waals surface area contributed by atoms with Crippen molar-refractivity contribution < 1.29 is 23.9 Å². The summed E-state index contributed by atoms with van der Waals surface area (Å²) in [6.45, 7) is 2.52. The standard InChI is InChI=1S/C24H26BrN5O5/c25-17-9-26-24(27-10-17)29-12-18(13-29)28-35-15-16(14-34-21-7-3-4-8-33-21)11-30-22(31)19-5-1-2-6-20(19)23(30)32/h1-2,5-6,9-10,16,21H,3-4,7-8,11-15H2. The number of rotatable bonds is 9. The van der Waals surface area contributed by atoms with E-state index in [9.17, 15) is 9.59 Å². The molecule has 0 N–H and O–H groups in total. The van der Waals surface area contributed by atoms with Crippen LogP contribution in [0.1, 0.15) is 40.0 Å². The molecule has 0 spiro atoms. The Labute approximate surface area is 211 Å². The Morgan fingerprint density at radius 2 is 1.80 bits per heavy atom. The monoisotopic (exact) mass is 543 g/mol. The van der Waals surface area contributed by atoms with Crippen LogP contribution in [0, 0.1) is 5.92 Å². The number of ether oxygens (including phenoxy) is 2. The van der Waals surface area contributed by atoms with Crippen molar-refractivity contribution in [1.29, 1.82) is 0 Å². The topological polar surface area (TPSA) is 106 Å². The summed E-state index contributed by atoms with van der Waals surface area (Å²) in [5.41, 5.74) is 1.73. The molecule has 2 saturated heterocycles. The van der Waals surface area contributed by atoms with Crippen molar-refractivity contribution in [2.24, 2.45) is 11.1 Å². The van der Waals surface area contributed by atoms with Gasteiger partial charge in [0.15, 0.2) is 6.29 Å². The van der Waals surface area contributed by atoms with E-state index in [4.69, 9.17) is 14.3 Å². The van der Waals surface area contributed by atoms with Crippen molar-refractivity contribution >= 4 is 39.4 Å². The lowest BCUT2D eigenvalue weighted by atomic mass is 10.1. The molecule has 2 amide bonds. The van der Waals surface area contributed by atoms with Crippen molar-refractivity contribution in [3.8, 4) is 0 Å². The Morgan fingerprint density at radius 3 is 2.46 bits per heavy atom. The maximum Gasteiger partial charge on any atom is 0.261 e. The molecular formula is C24H26BrN5O5. The SMILES string of the molecule is O=C1c2ccccc2C(=O)N1CC(CON=C1CN(c2ncc(Br)cn2)C1)COC1CCCCO1. The number of fused-ring (bicyclic) bond motifs is 1. The molecule has 35 heavy (non-hydrogen) atoms. The second kappa shape index (κ2) is 10.8. The largest absolute Gasteiger partial charge is 0.395 e. The lowest BCUT2D eigenvalue weighted by Crippen LogP contribution is -2.48. The van der Waals surface area contributed by atoms with E-state index in [-0.39, 0.29) is 37.2 Å². The zero-order valence-corrected chi connectivity index (χ0v) is 20.7. The van der Waals surface area contributed by atoms with Gasteiger partial charge in [0.1, 0.15) is 6.61 Å². The summed E-state index contributed by atoms with van der Waals surface area (Å²) in [6.07, 6.45) is 6.04. The maximum atomic E-state index is 12.8. The van der Waals surface area contributed by atoms with E-state index in [2.05, 4.69) is 31.1 Å². The van der Waals surface area contributed by atoms with Crippen LogP contribution in [0.5, 0.6) is 0 Å². The van der Waals surface area contributed by atoms with Gasteiger partial charge in [-0.15, -0.1) is 0 Å². The molecule has 2 aromatic rings. The number of nitrogens with zero attached hydrogens (tertiary/aromatic N) is 5. The number of benzene rings is 1. The summed E-state index contributed by atoms with van der Waals surface area (Å²) < 4.78 is 12.4. The van der Waals surface area contributed by atoms with Crippen LogP contribution in [0.25, 0.3) is 0 Å². The Morgan fingerprint density at radius 1 is 1.09 bits per heavy atom. The summed E-state index contributed by atoms with van der Waals surface area (Å²) in [5.74, 6) is -0.200. The number of halogens is 1. The number of carbonyl (C=O) groups excluding carboxylic acids is 2. The Bertz CT molecular complexity index is 1060. The Kier molecular flexibility index (Phi) is 7.35. The van der Waals surface area contributed by atoms with Gasteiger partial charge in [-0.3, -0.25) is 14.5 Å². The predicted molar refractivity (Wildman–Crippen MR) is 130 cm³/mol. The first kappa shape index (κ1) is 23.8. The van der Waals surface area contributed by atoms with Crippen LogP contribution in [0.4, 0.5) is 5.95 Å². The number of imide groups is 1. The van der Waals surface area contributed by atoms with Gasteiger partial charge >= 0.3 is 0 Å². The van der Waals surface area contributed by atoms with Crippen molar-refractivity contribution in [2.75, 3.05) is 44.4 Å². The quantitative estimate of drug-likeness (QED) is 0.351. The number of carbonyl (C=O) groups is 2. The highest BCUT2D eigenvalue weighted by molar-refractivity contribution is 9.10. The number of aromatic nitrogens is 2. The molecule has 0 saturated carbocycles. The summed E-state index contributed by atoms with van der Waals surface area (Å²) in [7, 11) is 0. The fourth-order valence-corrected chi connectivity index (χ4v) is 4.40. The minimum atomic E-state index is -0.292. The van der Waals surface area contributed by atoms with Crippen LogP contribution in [0.15, 0.2) is 46.3 Å². The minimum Gasteiger partial charge on any atom is -0.395 e. The van der Waals surface area contributed by atoms with Crippen molar-refractivity contribution in [3.05, 3.63) is 52.3 Å². The molecule has 0 radical (unpaired) electrons. The lowest BCUT2D eigenvalue weighted by molar-refractivity contribution is -0.172. The molecule has 184 valence electrons. The third-order valence-electron chi connectivity index (χ3n) is 6.11. The van der Waals surface area contributed by atoms with E-state index in [1.807, 2.05) is 4.90 Å². The molecule has 3 aliphatic heterocycles. The summed E-state index contributed by atoms with van der Waals surface area (Å²) in [6, 6.07) is 6.87. The molecule has 0 bridgehead atoms. The third kappa shape index (κ3) is 5.52. The molecule has 2 unspecified atom stereocenters. The molecule has 2 fully saturated rings. The summed E-state index contributed by atoms with van der Waals surface area (Å²) in [4.78, 5) is 43.1. The van der Waals surface area contributed by atoms with Crippen LogP contribution >= 0.6 is 15.9 Å². The maximum absolute atomic E-state index is 12.8. The van der Waals surface area contributed by atoms with Gasteiger partial charge in [-0.25, -0.2) is 9.97 Å². The number of amides is 2. The van der Waals surface area contributed by atoms with E-state index >= 15 is 0 Å². The molecule has 0 aliphatic carbocycles. The molecule has 3 aliphatic rings. The van der Waals surface area contributed by atoms with Gasteiger partial charge in [-0.1, -0.05) is 17.3 Å². The van der Waals surface area contributed by atoms with Crippen molar-refractivity contribution in [1.82, 2.24) is 14.9 Å². The van der Waals surface area contributed by atoms with Crippen molar-refractivity contribution in [2.45, 2.75) is 25.6 Å². The molecule has 10 nitrogen and oxygen atoms in total. The first-order chi connectivity index (χ1) is 17.1. The van der Waals surface area contributed by atoms with Gasteiger partial charge in [-0.05, 0) is 47.3 Å². The van der Waals surface area contributed by atoms with Crippen LogP contribution < -0.4 is 4.90 Å². The van der Waals surface area contributed by atoms with E-state index in [1.54, 1.807) is 36.7 Å². The highest BCUT2D eigenvalue weighted by Gasteiger charge is 2.37. The highest BCUT2D eigenvalue weighted by atomic mass is 79.9. The van der Waals surface area contributed by atoms with Gasteiger partial charge < -0.3 is 19.2 Å². The molecule has 1 aromatic carbocycles. The summed E-state index contributed by atoms with van der Waals surface area (Å²) in [5, 5.41) is 4.24. The van der Waals surface area contributed by atoms with Gasteiger partial charge in [-0.2, -0.15) is 0 Å². The van der Waals surface area contributed by atoms with E-state index in [0.29, 0.717) is 43.4 Å². The van der Waals surface area contributed by atoms with Gasteiger partial charge in [0.2, 0.25) is 5.95 Å². The molecule has 2 atom stereocenters. The smallest absolute Gasteiger partial charge is 0.261 e. The number of hydrogen-bond acceptors (Lipinski definition) is 9. The third-order valence-corrected chi connectivity index (χ3v) is 6.52. The Hall–Kier alpha value is -2.89. The Balaban J connectivity index is 1.18. The molecule has 5 rings (SSSR count).